The van der Waals surface area contributed by atoms with Crippen molar-refractivity contribution < 1.29 is 0 Å². The van der Waals surface area contributed by atoms with Crippen LogP contribution >= 0.6 is 0 Å². The Labute approximate surface area is 236 Å². The maximum atomic E-state index is 2.40. The van der Waals surface area contributed by atoms with Crippen molar-refractivity contribution >= 4 is 28.2 Å². The Balaban J connectivity index is 1.97. The predicted octanol–water partition coefficient (Wildman–Crippen LogP) is 7.58. The fourth-order valence-corrected chi connectivity index (χ4v) is 5.84. The molecule has 0 fully saturated rings. The summed E-state index contributed by atoms with van der Waals surface area (Å²) >= 11 is 0. The van der Waals surface area contributed by atoms with E-state index in [1.54, 1.807) is 0 Å². The van der Waals surface area contributed by atoms with Gasteiger partial charge < -0.3 is 14.7 Å². The SMILES string of the molecule is CCN(CC)c1ccc(C(=C2C=CC(N(C)C)c3c2cccc3N(C)C)c2ccc(N(CC)CC)cc2)cc1. The maximum absolute atomic E-state index is 2.40. The molecule has 0 spiro atoms. The molecule has 39 heavy (non-hydrogen) atoms. The van der Waals surface area contributed by atoms with Gasteiger partial charge in [0.15, 0.2) is 0 Å². The highest BCUT2D eigenvalue weighted by Crippen LogP contribution is 2.44. The molecule has 3 aromatic carbocycles. The smallest absolute Gasteiger partial charge is 0.0556 e. The summed E-state index contributed by atoms with van der Waals surface area (Å²) in [6.07, 6.45) is 4.71. The van der Waals surface area contributed by atoms with Gasteiger partial charge in [-0.15, -0.1) is 0 Å². The fraction of sp³-hybridized carbons (Fsp3) is 0.371. The van der Waals surface area contributed by atoms with Crippen LogP contribution in [0.4, 0.5) is 17.1 Å². The molecule has 1 aliphatic carbocycles. The van der Waals surface area contributed by atoms with E-state index < -0.39 is 0 Å². The lowest BCUT2D eigenvalue weighted by Crippen LogP contribution is -2.24. The van der Waals surface area contributed by atoms with Crippen LogP contribution in [0.25, 0.3) is 11.1 Å². The van der Waals surface area contributed by atoms with E-state index in [1.165, 1.54) is 50.5 Å². The number of anilines is 3. The minimum atomic E-state index is 0.221. The largest absolute Gasteiger partial charge is 0.377 e. The van der Waals surface area contributed by atoms with Crippen LogP contribution in [0, 0.1) is 0 Å². The van der Waals surface area contributed by atoms with Crippen molar-refractivity contribution in [2.75, 3.05) is 69.1 Å². The third-order valence-electron chi connectivity index (χ3n) is 7.99. The molecule has 4 heteroatoms. The van der Waals surface area contributed by atoms with Gasteiger partial charge in [0.25, 0.3) is 0 Å². The molecular weight excluding hydrogens is 476 g/mol. The molecule has 0 heterocycles. The summed E-state index contributed by atoms with van der Waals surface area (Å²) in [5, 5.41) is 0. The number of rotatable bonds is 10. The van der Waals surface area contributed by atoms with Crippen LogP contribution in [0.15, 0.2) is 78.9 Å². The fourth-order valence-electron chi connectivity index (χ4n) is 5.84. The Kier molecular flexibility index (Phi) is 9.19. The summed E-state index contributed by atoms with van der Waals surface area (Å²) in [5.41, 5.74) is 11.5. The van der Waals surface area contributed by atoms with Crippen LogP contribution < -0.4 is 14.7 Å². The van der Waals surface area contributed by atoms with Gasteiger partial charge in [-0.2, -0.15) is 0 Å². The normalized spacial score (nSPS) is 14.4. The Bertz CT molecular complexity index is 1230. The molecule has 0 radical (unpaired) electrons. The summed E-state index contributed by atoms with van der Waals surface area (Å²) in [7, 11) is 8.61. The van der Waals surface area contributed by atoms with Gasteiger partial charge in [0, 0.05) is 62.9 Å². The van der Waals surface area contributed by atoms with Crippen LogP contribution in [0.2, 0.25) is 0 Å². The maximum Gasteiger partial charge on any atom is 0.0556 e. The zero-order valence-electron chi connectivity index (χ0n) is 25.2. The summed E-state index contributed by atoms with van der Waals surface area (Å²) in [5.74, 6) is 0. The minimum absolute atomic E-state index is 0.221. The molecule has 0 bridgehead atoms. The molecule has 0 saturated carbocycles. The van der Waals surface area contributed by atoms with Gasteiger partial charge in [0.1, 0.15) is 0 Å². The Morgan fingerprint density at radius 2 is 1.13 bits per heavy atom. The van der Waals surface area contributed by atoms with Gasteiger partial charge >= 0.3 is 0 Å². The van der Waals surface area contributed by atoms with Gasteiger partial charge in [-0.05, 0) is 100.0 Å². The van der Waals surface area contributed by atoms with Crippen LogP contribution in [0.3, 0.4) is 0 Å². The van der Waals surface area contributed by atoms with Crippen LogP contribution in [0.5, 0.6) is 0 Å². The van der Waals surface area contributed by atoms with E-state index in [0.29, 0.717) is 0 Å². The molecule has 1 aliphatic rings. The van der Waals surface area contributed by atoms with E-state index in [-0.39, 0.29) is 6.04 Å². The van der Waals surface area contributed by atoms with Gasteiger partial charge in [-0.25, -0.2) is 0 Å². The lowest BCUT2D eigenvalue weighted by atomic mass is 9.81. The first-order valence-electron chi connectivity index (χ1n) is 14.4. The molecule has 206 valence electrons. The van der Waals surface area contributed by atoms with E-state index >= 15 is 0 Å². The average molecular weight is 523 g/mol. The first kappa shape index (κ1) is 28.5. The number of hydrogen-bond donors (Lipinski definition) is 0. The number of benzene rings is 3. The van der Waals surface area contributed by atoms with Crippen molar-refractivity contribution in [3.05, 3.63) is 101 Å². The topological polar surface area (TPSA) is 13.0 Å². The lowest BCUT2D eigenvalue weighted by Gasteiger charge is -2.33. The summed E-state index contributed by atoms with van der Waals surface area (Å²) in [6.45, 7) is 12.9. The standard InChI is InChI=1S/C35H46N4/c1-9-38(10-2)28-20-16-26(17-21-28)34(27-18-22-29(23-19-27)39(11-3)12-4)31-24-25-33(37(7)8)35-30(31)14-13-15-32(35)36(5)6/h13-25,33H,9-12H2,1-8H3. The third kappa shape index (κ3) is 5.77. The Morgan fingerprint density at radius 1 is 0.641 bits per heavy atom. The highest BCUT2D eigenvalue weighted by Gasteiger charge is 2.27. The van der Waals surface area contributed by atoms with Crippen molar-refractivity contribution in [3.63, 3.8) is 0 Å². The molecule has 0 N–H and O–H groups in total. The summed E-state index contributed by atoms with van der Waals surface area (Å²) in [4.78, 5) is 9.34. The van der Waals surface area contributed by atoms with Gasteiger partial charge in [-0.1, -0.05) is 48.6 Å². The Hall–Kier alpha value is -3.50. The van der Waals surface area contributed by atoms with Crippen LogP contribution in [-0.2, 0) is 0 Å². The second-order valence-corrected chi connectivity index (χ2v) is 10.6. The Morgan fingerprint density at radius 3 is 1.54 bits per heavy atom. The van der Waals surface area contributed by atoms with E-state index in [9.17, 15) is 0 Å². The third-order valence-corrected chi connectivity index (χ3v) is 7.99. The van der Waals surface area contributed by atoms with Crippen LogP contribution in [-0.4, -0.2) is 59.3 Å². The zero-order valence-corrected chi connectivity index (χ0v) is 25.2. The number of allylic oxidation sites excluding steroid dienone is 2. The zero-order chi connectivity index (χ0) is 28.1. The van der Waals surface area contributed by atoms with Crippen molar-refractivity contribution in [1.29, 1.82) is 0 Å². The van der Waals surface area contributed by atoms with Crippen LogP contribution in [0.1, 0.15) is 56.0 Å². The second-order valence-electron chi connectivity index (χ2n) is 10.6. The van der Waals surface area contributed by atoms with Crippen molar-refractivity contribution in [1.82, 2.24) is 4.90 Å². The molecule has 0 saturated heterocycles. The van der Waals surface area contributed by atoms with Gasteiger partial charge in [0.2, 0.25) is 0 Å². The highest BCUT2D eigenvalue weighted by molar-refractivity contribution is 6.04. The first-order chi connectivity index (χ1) is 18.8. The predicted molar refractivity (Wildman–Crippen MR) is 172 cm³/mol. The molecular formula is C35H46N4. The molecule has 4 rings (SSSR count). The lowest BCUT2D eigenvalue weighted by molar-refractivity contribution is 0.350. The van der Waals surface area contributed by atoms with E-state index in [4.69, 9.17) is 0 Å². The molecule has 1 atom stereocenters. The van der Waals surface area contributed by atoms with E-state index in [1.807, 2.05) is 0 Å². The number of fused-ring (bicyclic) bond motifs is 1. The molecule has 4 nitrogen and oxygen atoms in total. The molecule has 0 amide bonds. The molecule has 3 aromatic rings. The van der Waals surface area contributed by atoms with E-state index in [2.05, 4.69) is 154 Å². The average Bonchev–Trinajstić information content (AvgIpc) is 2.95. The number of hydrogen-bond acceptors (Lipinski definition) is 4. The number of nitrogens with zero attached hydrogens (tertiary/aromatic N) is 4. The minimum Gasteiger partial charge on any atom is -0.377 e. The summed E-state index contributed by atoms with van der Waals surface area (Å²) < 4.78 is 0. The van der Waals surface area contributed by atoms with Crippen molar-refractivity contribution in [2.24, 2.45) is 0 Å². The summed E-state index contributed by atoms with van der Waals surface area (Å²) in [6, 6.07) is 25.3. The van der Waals surface area contributed by atoms with Gasteiger partial charge in [0.05, 0.1) is 6.04 Å². The second kappa shape index (κ2) is 12.6. The van der Waals surface area contributed by atoms with Crippen molar-refractivity contribution in [3.8, 4) is 0 Å². The first-order valence-corrected chi connectivity index (χ1v) is 14.4. The van der Waals surface area contributed by atoms with Crippen molar-refractivity contribution in [2.45, 2.75) is 33.7 Å². The molecule has 0 aromatic heterocycles. The monoisotopic (exact) mass is 522 g/mol. The number of likely N-dealkylation sites (N-methyl/N-ethyl adjacent to an activating group) is 1. The van der Waals surface area contributed by atoms with Gasteiger partial charge in [-0.3, -0.25) is 4.90 Å². The molecule has 0 aliphatic heterocycles. The highest BCUT2D eigenvalue weighted by atomic mass is 15.1. The van der Waals surface area contributed by atoms with E-state index in [0.717, 1.165) is 26.2 Å². The quantitative estimate of drug-likeness (QED) is 0.272. The molecule has 1 unspecified atom stereocenters.